The third kappa shape index (κ3) is 2.79. The lowest BCUT2D eigenvalue weighted by molar-refractivity contribution is 0.0678. The highest BCUT2D eigenvalue weighted by Crippen LogP contribution is 2.14. The number of rotatable bonds is 3. The number of halogens is 3. The van der Waals surface area contributed by atoms with E-state index in [4.69, 9.17) is 0 Å². The maximum absolute atomic E-state index is 12.4. The molecule has 0 unspecified atom stereocenters. The summed E-state index contributed by atoms with van der Waals surface area (Å²) in [6, 6.07) is 3.18. The van der Waals surface area contributed by atoms with E-state index < -0.39 is 27.3 Å². The fourth-order valence-corrected chi connectivity index (χ4v) is 1.37. The zero-order chi connectivity index (χ0) is 11.6. The van der Waals surface area contributed by atoms with Crippen molar-refractivity contribution >= 4 is 16.0 Å². The molecule has 0 heterocycles. The van der Waals surface area contributed by atoms with Crippen LogP contribution in [-0.4, -0.2) is 20.6 Å². The van der Waals surface area contributed by atoms with Crippen molar-refractivity contribution in [2.24, 2.45) is 0 Å². The first-order valence-electron chi connectivity index (χ1n) is 3.69. The van der Waals surface area contributed by atoms with Gasteiger partial charge in [0.2, 0.25) is 5.78 Å². The van der Waals surface area contributed by atoms with Crippen LogP contribution < -0.4 is 0 Å². The van der Waals surface area contributed by atoms with E-state index in [0.29, 0.717) is 0 Å². The lowest BCUT2D eigenvalue weighted by Crippen LogP contribution is -2.10. The smallest absolute Gasteiger partial charge is 0.288 e. The minimum absolute atomic E-state index is 0.364. The molecule has 0 spiro atoms. The topological polar surface area (TPSA) is 51.2 Å². The average Bonchev–Trinajstić information content (AvgIpc) is 2.15. The molecule has 3 nitrogen and oxygen atoms in total. The summed E-state index contributed by atoms with van der Waals surface area (Å²) < 4.78 is 56.9. The number of carbonyl (C=O) groups is 1. The van der Waals surface area contributed by atoms with Crippen LogP contribution in [0.5, 0.6) is 0 Å². The van der Waals surface area contributed by atoms with E-state index in [1.165, 1.54) is 0 Å². The molecule has 0 aliphatic heterocycles. The van der Waals surface area contributed by atoms with E-state index in [1.807, 2.05) is 0 Å². The molecule has 0 saturated heterocycles. The van der Waals surface area contributed by atoms with Crippen LogP contribution in [0.15, 0.2) is 29.2 Å². The molecule has 1 aromatic carbocycles. The number of ketones is 1. The van der Waals surface area contributed by atoms with Crippen molar-refractivity contribution in [3.05, 3.63) is 29.8 Å². The van der Waals surface area contributed by atoms with E-state index >= 15 is 0 Å². The van der Waals surface area contributed by atoms with E-state index in [9.17, 15) is 25.9 Å². The Bertz CT molecular complexity index is 464. The molecule has 0 amide bonds. The molecule has 0 aromatic heterocycles. The van der Waals surface area contributed by atoms with Gasteiger partial charge in [-0.25, -0.2) is 8.78 Å². The molecule has 0 fully saturated rings. The zero-order valence-electron chi connectivity index (χ0n) is 7.15. The number of benzene rings is 1. The first-order chi connectivity index (χ1) is 6.82. The van der Waals surface area contributed by atoms with Gasteiger partial charge in [0, 0.05) is 5.56 Å². The van der Waals surface area contributed by atoms with Crippen LogP contribution in [0, 0.1) is 0 Å². The fourth-order valence-electron chi connectivity index (χ4n) is 0.908. The lowest BCUT2D eigenvalue weighted by Gasteiger charge is -1.99. The van der Waals surface area contributed by atoms with E-state index in [1.54, 1.807) is 0 Å². The van der Waals surface area contributed by atoms with Crippen LogP contribution in [0.3, 0.4) is 0 Å². The molecule has 1 rings (SSSR count). The van der Waals surface area contributed by atoms with Crippen molar-refractivity contribution in [1.29, 1.82) is 0 Å². The van der Waals surface area contributed by atoms with Crippen molar-refractivity contribution < 1.29 is 25.9 Å². The summed E-state index contributed by atoms with van der Waals surface area (Å²) in [6.45, 7) is 0. The van der Waals surface area contributed by atoms with Crippen molar-refractivity contribution in [2.45, 2.75) is 11.3 Å². The number of Topliss-reactive ketones (excluding diaryl/α,β-unsaturated/α-hetero) is 1. The van der Waals surface area contributed by atoms with Gasteiger partial charge in [-0.2, -0.15) is 8.42 Å². The van der Waals surface area contributed by atoms with Crippen molar-refractivity contribution in [1.82, 2.24) is 0 Å². The predicted molar refractivity (Wildman–Crippen MR) is 45.1 cm³/mol. The van der Waals surface area contributed by atoms with Gasteiger partial charge < -0.3 is 0 Å². The summed E-state index contributed by atoms with van der Waals surface area (Å²) in [6.07, 6.45) is -3.17. The monoisotopic (exact) mass is 238 g/mol. The molecule has 0 aliphatic carbocycles. The molecule has 0 N–H and O–H groups in total. The van der Waals surface area contributed by atoms with Crippen molar-refractivity contribution in [3.8, 4) is 0 Å². The number of hydrogen-bond donors (Lipinski definition) is 0. The SMILES string of the molecule is O=C(c1ccc(S(=O)(=O)F)cc1)C(F)F. The Labute approximate surface area is 83.7 Å². The second-order valence-corrected chi connectivity index (χ2v) is 3.97. The van der Waals surface area contributed by atoms with Crippen LogP contribution in [0.4, 0.5) is 12.7 Å². The second-order valence-electron chi connectivity index (χ2n) is 2.63. The van der Waals surface area contributed by atoms with Crippen LogP contribution >= 0.6 is 0 Å². The molecule has 82 valence electrons. The van der Waals surface area contributed by atoms with Gasteiger partial charge >= 0.3 is 16.6 Å². The molecule has 0 aliphatic rings. The van der Waals surface area contributed by atoms with Crippen LogP contribution in [0.1, 0.15) is 10.4 Å². The minimum atomic E-state index is -4.86. The van der Waals surface area contributed by atoms with Gasteiger partial charge in [0.25, 0.3) is 0 Å². The van der Waals surface area contributed by atoms with Crippen molar-refractivity contribution in [2.75, 3.05) is 0 Å². The fraction of sp³-hybridized carbons (Fsp3) is 0.125. The summed E-state index contributed by atoms with van der Waals surface area (Å²) in [4.78, 5) is 10.0. The summed E-state index contributed by atoms with van der Waals surface area (Å²) in [5.41, 5.74) is -0.364. The summed E-state index contributed by atoms with van der Waals surface area (Å²) in [7, 11) is -4.86. The first-order valence-corrected chi connectivity index (χ1v) is 5.08. The summed E-state index contributed by atoms with van der Waals surface area (Å²) in [5.74, 6) is -1.43. The van der Waals surface area contributed by atoms with Crippen molar-refractivity contribution in [3.63, 3.8) is 0 Å². The van der Waals surface area contributed by atoms with Gasteiger partial charge in [0.05, 0.1) is 4.90 Å². The highest BCUT2D eigenvalue weighted by Gasteiger charge is 2.19. The molecule has 0 saturated carbocycles. The standard InChI is InChI=1S/C8H5F3O3S/c9-8(10)7(12)5-1-3-6(4-2-5)15(11,13)14/h1-4,8H. The molecule has 1 aromatic rings. The van der Waals surface area contributed by atoms with E-state index in [2.05, 4.69) is 0 Å². The van der Waals surface area contributed by atoms with Crippen LogP contribution in [0.2, 0.25) is 0 Å². The number of hydrogen-bond acceptors (Lipinski definition) is 3. The molecule has 15 heavy (non-hydrogen) atoms. The summed E-state index contributed by atoms with van der Waals surface area (Å²) in [5, 5.41) is 0. The molecular weight excluding hydrogens is 233 g/mol. The van der Waals surface area contributed by atoms with Crippen LogP contribution in [-0.2, 0) is 10.2 Å². The highest BCUT2D eigenvalue weighted by atomic mass is 32.3. The van der Waals surface area contributed by atoms with E-state index in [0.717, 1.165) is 24.3 Å². The normalized spacial score (nSPS) is 11.7. The zero-order valence-corrected chi connectivity index (χ0v) is 7.97. The van der Waals surface area contributed by atoms with E-state index in [-0.39, 0.29) is 5.56 Å². The van der Waals surface area contributed by atoms with Crippen LogP contribution in [0.25, 0.3) is 0 Å². The third-order valence-corrected chi connectivity index (χ3v) is 2.45. The van der Waals surface area contributed by atoms with Gasteiger partial charge in [0.15, 0.2) is 0 Å². The number of carbonyl (C=O) groups excluding carboxylic acids is 1. The maximum Gasteiger partial charge on any atom is 0.332 e. The Hall–Kier alpha value is -1.37. The largest absolute Gasteiger partial charge is 0.332 e. The van der Waals surface area contributed by atoms with Gasteiger partial charge in [-0.15, -0.1) is 3.89 Å². The Morgan fingerprint density at radius 2 is 1.60 bits per heavy atom. The van der Waals surface area contributed by atoms with Gasteiger partial charge in [-0.1, -0.05) is 0 Å². The molecular formula is C8H5F3O3S. The Morgan fingerprint density at radius 3 is 1.93 bits per heavy atom. The Balaban J connectivity index is 3.06. The lowest BCUT2D eigenvalue weighted by atomic mass is 10.1. The molecule has 7 heteroatoms. The summed E-state index contributed by atoms with van der Waals surface area (Å²) >= 11 is 0. The Kier molecular flexibility index (Phi) is 3.13. The quantitative estimate of drug-likeness (QED) is 0.596. The average molecular weight is 238 g/mol. The van der Waals surface area contributed by atoms with Gasteiger partial charge in [-0.3, -0.25) is 4.79 Å². The molecule has 0 bridgehead atoms. The van der Waals surface area contributed by atoms with Gasteiger partial charge in [-0.05, 0) is 24.3 Å². The maximum atomic E-state index is 12.4. The van der Waals surface area contributed by atoms with Gasteiger partial charge in [0.1, 0.15) is 0 Å². The second kappa shape index (κ2) is 4.01. The minimum Gasteiger partial charge on any atom is -0.288 e. The molecule has 0 radical (unpaired) electrons. The number of alkyl halides is 2. The Morgan fingerprint density at radius 1 is 1.13 bits per heavy atom. The third-order valence-electron chi connectivity index (χ3n) is 1.62. The highest BCUT2D eigenvalue weighted by molar-refractivity contribution is 7.86. The first kappa shape index (κ1) is 11.7. The molecule has 0 atom stereocenters. The predicted octanol–water partition coefficient (Wildman–Crippen LogP) is 1.79.